The summed E-state index contributed by atoms with van der Waals surface area (Å²) in [7, 11) is 1.52. The summed E-state index contributed by atoms with van der Waals surface area (Å²) < 4.78 is 17.2. The Labute approximate surface area is 200 Å². The number of barbiturate groups is 1. The Morgan fingerprint density at radius 3 is 2.42 bits per heavy atom. The number of benzene rings is 2. The van der Waals surface area contributed by atoms with E-state index in [1.54, 1.807) is 36.4 Å². The van der Waals surface area contributed by atoms with Gasteiger partial charge in [-0.3, -0.25) is 19.8 Å². The van der Waals surface area contributed by atoms with E-state index >= 15 is 0 Å². The standard InChI is InChI=1S/C24H25BrN2O6/c1-4-10-33-20-9-7-16(13-21(20)31-3)14-27-23(29)17(22(28)26-24(27)30)11-15-6-8-19(32-5-2)18(25)12-15/h6-9,11-13H,4-5,10,14H2,1-3H3,(H,26,28,30)/b17-11+. The predicted octanol–water partition coefficient (Wildman–Crippen LogP) is 4.31. The minimum Gasteiger partial charge on any atom is -0.493 e. The van der Waals surface area contributed by atoms with E-state index in [1.165, 1.54) is 13.2 Å². The second kappa shape index (κ2) is 11.0. The van der Waals surface area contributed by atoms with E-state index in [9.17, 15) is 14.4 Å². The summed E-state index contributed by atoms with van der Waals surface area (Å²) in [5.74, 6) is 0.300. The highest BCUT2D eigenvalue weighted by molar-refractivity contribution is 9.10. The number of hydrogen-bond acceptors (Lipinski definition) is 6. The van der Waals surface area contributed by atoms with Crippen LogP contribution in [0.4, 0.5) is 4.79 Å². The van der Waals surface area contributed by atoms with Crippen LogP contribution in [0.5, 0.6) is 17.2 Å². The molecule has 8 nitrogen and oxygen atoms in total. The summed E-state index contributed by atoms with van der Waals surface area (Å²) >= 11 is 3.42. The number of carbonyl (C=O) groups is 3. The van der Waals surface area contributed by atoms with Crippen LogP contribution in [0.2, 0.25) is 0 Å². The van der Waals surface area contributed by atoms with Gasteiger partial charge in [0.25, 0.3) is 11.8 Å². The van der Waals surface area contributed by atoms with Gasteiger partial charge >= 0.3 is 6.03 Å². The van der Waals surface area contributed by atoms with Crippen LogP contribution in [-0.2, 0) is 16.1 Å². The molecule has 0 aliphatic carbocycles. The maximum Gasteiger partial charge on any atom is 0.331 e. The molecule has 0 radical (unpaired) electrons. The maximum absolute atomic E-state index is 13.1. The minimum absolute atomic E-state index is 0.0350. The van der Waals surface area contributed by atoms with Crippen molar-refractivity contribution in [3.8, 4) is 17.2 Å². The quantitative estimate of drug-likeness (QED) is 0.394. The molecule has 0 aromatic heterocycles. The molecule has 2 aromatic rings. The molecule has 0 saturated carbocycles. The molecule has 1 aliphatic heterocycles. The van der Waals surface area contributed by atoms with Crippen molar-refractivity contribution in [1.29, 1.82) is 0 Å². The third kappa shape index (κ3) is 5.73. The van der Waals surface area contributed by atoms with E-state index in [2.05, 4.69) is 21.2 Å². The molecule has 0 unspecified atom stereocenters. The lowest BCUT2D eigenvalue weighted by Gasteiger charge is -2.26. The average molecular weight is 517 g/mol. The highest BCUT2D eigenvalue weighted by Gasteiger charge is 2.35. The number of halogens is 1. The lowest BCUT2D eigenvalue weighted by Crippen LogP contribution is -2.53. The zero-order valence-electron chi connectivity index (χ0n) is 18.6. The zero-order valence-corrected chi connectivity index (χ0v) is 20.2. The number of nitrogens with one attached hydrogen (secondary N) is 1. The molecule has 1 saturated heterocycles. The first-order valence-electron chi connectivity index (χ1n) is 10.5. The van der Waals surface area contributed by atoms with Crippen molar-refractivity contribution in [3.63, 3.8) is 0 Å². The monoisotopic (exact) mass is 516 g/mol. The molecule has 4 amide bonds. The van der Waals surface area contributed by atoms with E-state index in [0.29, 0.717) is 46.1 Å². The molecule has 0 atom stereocenters. The van der Waals surface area contributed by atoms with Gasteiger partial charge in [-0.25, -0.2) is 4.79 Å². The van der Waals surface area contributed by atoms with Gasteiger partial charge in [-0.05, 0) is 70.7 Å². The van der Waals surface area contributed by atoms with Crippen LogP contribution in [0.1, 0.15) is 31.4 Å². The maximum atomic E-state index is 13.1. The fourth-order valence-corrected chi connectivity index (χ4v) is 3.72. The first kappa shape index (κ1) is 24.3. The van der Waals surface area contributed by atoms with E-state index in [4.69, 9.17) is 14.2 Å². The SMILES string of the molecule is CCCOc1ccc(CN2C(=O)NC(=O)/C(=C\c3ccc(OCC)c(Br)c3)C2=O)cc1OC. The number of hydrogen-bond donors (Lipinski definition) is 1. The Balaban J connectivity index is 1.85. The van der Waals surface area contributed by atoms with Gasteiger partial charge in [-0.1, -0.05) is 19.1 Å². The molecule has 1 N–H and O–H groups in total. The Morgan fingerprint density at radius 2 is 1.76 bits per heavy atom. The van der Waals surface area contributed by atoms with Crippen LogP contribution < -0.4 is 19.5 Å². The number of amides is 4. The molecular formula is C24H25BrN2O6. The van der Waals surface area contributed by atoms with Gasteiger partial charge in [0.1, 0.15) is 11.3 Å². The molecular weight excluding hydrogens is 492 g/mol. The van der Waals surface area contributed by atoms with Crippen LogP contribution in [0, 0.1) is 0 Å². The number of rotatable bonds is 9. The van der Waals surface area contributed by atoms with E-state index in [-0.39, 0.29) is 12.1 Å². The molecule has 3 rings (SSSR count). The van der Waals surface area contributed by atoms with Crippen molar-refractivity contribution < 1.29 is 28.6 Å². The first-order chi connectivity index (χ1) is 15.9. The van der Waals surface area contributed by atoms with Crippen molar-refractivity contribution >= 4 is 39.9 Å². The highest BCUT2D eigenvalue weighted by atomic mass is 79.9. The summed E-state index contributed by atoms with van der Waals surface area (Å²) in [5.41, 5.74) is 1.12. The number of urea groups is 1. The highest BCUT2D eigenvalue weighted by Crippen LogP contribution is 2.30. The van der Waals surface area contributed by atoms with Crippen LogP contribution in [0.3, 0.4) is 0 Å². The predicted molar refractivity (Wildman–Crippen MR) is 126 cm³/mol. The number of methoxy groups -OCH3 is 1. The van der Waals surface area contributed by atoms with E-state index in [1.807, 2.05) is 13.8 Å². The third-order valence-electron chi connectivity index (χ3n) is 4.78. The molecule has 33 heavy (non-hydrogen) atoms. The van der Waals surface area contributed by atoms with Crippen molar-refractivity contribution in [2.24, 2.45) is 0 Å². The minimum atomic E-state index is -0.777. The summed E-state index contributed by atoms with van der Waals surface area (Å²) in [5, 5.41) is 2.23. The number of carbonyl (C=O) groups excluding carboxylic acids is 3. The van der Waals surface area contributed by atoms with Gasteiger partial charge in [0.05, 0.1) is 31.3 Å². The second-order valence-corrected chi connectivity index (χ2v) is 8.02. The Morgan fingerprint density at radius 1 is 1.00 bits per heavy atom. The number of nitrogens with zero attached hydrogens (tertiary/aromatic N) is 1. The molecule has 0 spiro atoms. The topological polar surface area (TPSA) is 94.2 Å². The van der Waals surface area contributed by atoms with Crippen molar-refractivity contribution in [1.82, 2.24) is 10.2 Å². The van der Waals surface area contributed by atoms with E-state index in [0.717, 1.165) is 11.3 Å². The molecule has 1 fully saturated rings. The molecule has 2 aromatic carbocycles. The van der Waals surface area contributed by atoms with Crippen LogP contribution >= 0.6 is 15.9 Å². The van der Waals surface area contributed by atoms with Crippen molar-refractivity contribution in [2.75, 3.05) is 20.3 Å². The van der Waals surface area contributed by atoms with Crippen LogP contribution in [-0.4, -0.2) is 43.1 Å². The zero-order chi connectivity index (χ0) is 24.0. The summed E-state index contributed by atoms with van der Waals surface area (Å²) in [6.45, 7) is 4.89. The summed E-state index contributed by atoms with van der Waals surface area (Å²) in [6.07, 6.45) is 2.29. The first-order valence-corrected chi connectivity index (χ1v) is 11.3. The van der Waals surface area contributed by atoms with Crippen LogP contribution in [0.15, 0.2) is 46.4 Å². The molecule has 0 bridgehead atoms. The van der Waals surface area contributed by atoms with Gasteiger partial charge in [0.15, 0.2) is 11.5 Å². The molecule has 1 aliphatic rings. The lowest BCUT2D eigenvalue weighted by molar-refractivity contribution is -0.130. The van der Waals surface area contributed by atoms with Crippen LogP contribution in [0.25, 0.3) is 6.08 Å². The van der Waals surface area contributed by atoms with Crippen molar-refractivity contribution in [2.45, 2.75) is 26.8 Å². The Kier molecular flexibility index (Phi) is 8.11. The number of imide groups is 2. The normalized spacial score (nSPS) is 15.0. The fraction of sp³-hybridized carbons (Fsp3) is 0.292. The summed E-state index contributed by atoms with van der Waals surface area (Å²) in [6, 6.07) is 9.61. The third-order valence-corrected chi connectivity index (χ3v) is 5.40. The Hall–Kier alpha value is -3.33. The second-order valence-electron chi connectivity index (χ2n) is 7.17. The molecule has 1 heterocycles. The van der Waals surface area contributed by atoms with Gasteiger partial charge in [-0.15, -0.1) is 0 Å². The number of ether oxygens (including phenoxy) is 3. The average Bonchev–Trinajstić information content (AvgIpc) is 2.80. The largest absolute Gasteiger partial charge is 0.493 e. The summed E-state index contributed by atoms with van der Waals surface area (Å²) in [4.78, 5) is 38.9. The lowest BCUT2D eigenvalue weighted by atomic mass is 10.1. The molecule has 9 heteroatoms. The Bertz CT molecular complexity index is 1100. The van der Waals surface area contributed by atoms with Gasteiger partial charge in [0.2, 0.25) is 0 Å². The smallest absolute Gasteiger partial charge is 0.331 e. The van der Waals surface area contributed by atoms with Gasteiger partial charge < -0.3 is 14.2 Å². The molecule has 174 valence electrons. The van der Waals surface area contributed by atoms with Crippen molar-refractivity contribution in [3.05, 3.63) is 57.6 Å². The van der Waals surface area contributed by atoms with Gasteiger partial charge in [-0.2, -0.15) is 0 Å². The van der Waals surface area contributed by atoms with Gasteiger partial charge in [0, 0.05) is 0 Å². The van der Waals surface area contributed by atoms with E-state index < -0.39 is 17.8 Å². The fourth-order valence-electron chi connectivity index (χ4n) is 3.21.